The molecular formula is C91H108ClF3O32. The average Bonchev–Trinajstić information content (AvgIpc) is 1.44. The van der Waals surface area contributed by atoms with Crippen LogP contribution in [0.4, 0.5) is 13.2 Å². The molecule has 127 heavy (non-hydrogen) atoms. The Morgan fingerprint density at radius 1 is 0.583 bits per heavy atom. The molecule has 2 aromatic carbocycles. The Balaban J connectivity index is 0.000000139. The number of carbonyl (C=O) groups excluding carboxylic acids is 8. The third-order valence-electron chi connectivity index (χ3n) is 33.6. The van der Waals surface area contributed by atoms with Gasteiger partial charge in [-0.15, -0.1) is 0 Å². The number of fused-ring (bicyclic) bond motifs is 14. The number of allylic oxidation sites excluding steroid dienone is 4. The normalized spacial score (nSPS) is 47.2. The van der Waals surface area contributed by atoms with Gasteiger partial charge in [0.05, 0.1) is 116 Å². The minimum Gasteiger partial charge on any atom is -0.469 e. The van der Waals surface area contributed by atoms with Gasteiger partial charge >= 0.3 is 53.9 Å². The van der Waals surface area contributed by atoms with Crippen molar-refractivity contribution in [2.24, 2.45) is 85.2 Å². The highest BCUT2D eigenvalue weighted by Gasteiger charge is 2.99. The van der Waals surface area contributed by atoms with Gasteiger partial charge in [0, 0.05) is 88.1 Å². The predicted octanol–water partition coefficient (Wildman–Crippen LogP) is 6.37. The first kappa shape index (κ1) is 90.9. The van der Waals surface area contributed by atoms with E-state index in [4.69, 9.17) is 96.9 Å². The Kier molecular flexibility index (Phi) is 21.5. The van der Waals surface area contributed by atoms with Crippen LogP contribution >= 0.6 is 11.6 Å². The van der Waals surface area contributed by atoms with E-state index < -0.39 is 277 Å². The quantitative estimate of drug-likeness (QED) is 0.0460. The number of aliphatic hydroxyl groups excluding tert-OH is 3. The summed E-state index contributed by atoms with van der Waals surface area (Å²) in [5.74, 6) is -16.2. The molecule has 8 saturated heterocycles. The third-order valence-corrected chi connectivity index (χ3v) is 33.9. The first-order valence-electron chi connectivity index (χ1n) is 42.7. The van der Waals surface area contributed by atoms with Gasteiger partial charge in [-0.05, 0) is 107 Å². The number of ether oxygens (including phenoxy) is 18. The Morgan fingerprint density at radius 2 is 1.09 bits per heavy atom. The predicted molar refractivity (Wildman–Crippen MR) is 425 cm³/mol. The number of epoxide rings is 2. The van der Waals surface area contributed by atoms with E-state index in [1.807, 2.05) is 62.4 Å². The van der Waals surface area contributed by atoms with E-state index in [0.717, 1.165) is 42.5 Å². The number of hydrogen-bond acceptors (Lipinski definition) is 32. The van der Waals surface area contributed by atoms with Gasteiger partial charge in [0.1, 0.15) is 63.2 Å². The van der Waals surface area contributed by atoms with E-state index in [-0.39, 0.29) is 44.7 Å². The van der Waals surface area contributed by atoms with Gasteiger partial charge in [-0.2, -0.15) is 13.2 Å². The summed E-state index contributed by atoms with van der Waals surface area (Å²) >= 11 is 5.34. The largest absolute Gasteiger partial charge is 0.469 e. The maximum atomic E-state index is 14.2. The molecule has 6 N–H and O–H groups in total. The molecule has 15 fully saturated rings. The molecule has 0 aromatic heterocycles. The number of hydrogen-bond donors (Lipinski definition) is 6. The van der Waals surface area contributed by atoms with Gasteiger partial charge in [-0.3, -0.25) is 19.2 Å². The van der Waals surface area contributed by atoms with Crippen LogP contribution in [-0.4, -0.2) is 259 Å². The summed E-state index contributed by atoms with van der Waals surface area (Å²) in [5, 5.41) is 73.1. The summed E-state index contributed by atoms with van der Waals surface area (Å²) in [6, 6.07) is 15.6. The number of halogens is 4. The molecule has 2 spiro atoms. The number of carbonyl (C=O) groups is 8. The molecule has 692 valence electrons. The molecule has 7 aliphatic carbocycles. The van der Waals surface area contributed by atoms with Gasteiger partial charge in [0.2, 0.25) is 12.6 Å². The Hall–Kier alpha value is -7.98. The number of rotatable bonds is 16. The van der Waals surface area contributed by atoms with Crippen LogP contribution < -0.4 is 0 Å². The van der Waals surface area contributed by atoms with Crippen LogP contribution in [0.2, 0.25) is 0 Å². The fourth-order valence-electron chi connectivity index (χ4n) is 27.6. The smallest absolute Gasteiger partial charge is 0.426 e. The van der Waals surface area contributed by atoms with E-state index in [1.54, 1.807) is 80.5 Å². The molecule has 2 aromatic rings. The molecule has 0 amide bonds. The maximum absolute atomic E-state index is 14.2. The standard InChI is InChI=1S/C35H44O16.C33H42O14.C23H22ClF3O2/c1-8-15(2)24(38)49-18-12-19(48-16(3)36)32(26(39)43-6)13-46-21-22(32)31(18)14-47-34(42,27(40)44-7)25(31)29(4,23(21)37)35-20-11-17(30(35,5)51-35)33(41)9-10-45-28(33)50-20;1-7-14(2)24(36)45-17-11-16(34)30-12-44-20(25(37)40-5)21(30)28(3,23(35)19-22(30)31(17,13-43-19)26(38)41-6)33-18-10-15(29(33,4)47-33)32(39)8-9-42-27(32)46-18;1-14-16(10-7-11-17(14)15-8-5-4-6-9-15)13-29-21(28)20-18(22(20,2)3)12-19(24)23(25,26)27/h8-10,17-23,25,28,37,41-42H,11-14H2,1-7H3;7-9,15-23,27,34-35,39H,10-13H2,1-6H3;4-12,18,20H,13H2,1-3H3/b15-8+;14-7+;19-12-/t17-,18-,19+,20-,21+,22+,23+,25-,28-,29+,30-,31-,32-,33-,34-,35-;15-,16-,17+,18-,19+,20-,21-,22+,23+,27-,28-,29-,30+,31-,32-,33-;18-,20-/m001/s1. The minimum absolute atomic E-state index is 0.0708. The Labute approximate surface area is 734 Å². The van der Waals surface area contributed by atoms with E-state index in [1.165, 1.54) is 39.7 Å². The van der Waals surface area contributed by atoms with Crippen LogP contribution in [0.5, 0.6) is 0 Å². The fourth-order valence-corrected chi connectivity index (χ4v) is 27.8. The van der Waals surface area contributed by atoms with E-state index >= 15 is 0 Å². The molecule has 34 atom stereocenters. The van der Waals surface area contributed by atoms with Crippen molar-refractivity contribution < 1.29 is 167 Å². The Bertz CT molecular complexity index is 5060. The van der Waals surface area contributed by atoms with Crippen LogP contribution in [0.25, 0.3) is 11.1 Å². The molecule has 4 bridgehead atoms. The monoisotopic (exact) mass is 1800 g/mol. The Morgan fingerprint density at radius 3 is 1.61 bits per heavy atom. The summed E-state index contributed by atoms with van der Waals surface area (Å²) in [4.78, 5) is 108. The van der Waals surface area contributed by atoms with Gasteiger partial charge in [-0.25, -0.2) is 19.2 Å². The van der Waals surface area contributed by atoms with Crippen LogP contribution in [0.1, 0.15) is 113 Å². The second-order valence-corrected chi connectivity index (χ2v) is 39.0. The summed E-state index contributed by atoms with van der Waals surface area (Å²) in [7, 11) is 4.68. The van der Waals surface area contributed by atoms with Crippen molar-refractivity contribution in [3.8, 4) is 11.1 Å². The van der Waals surface area contributed by atoms with E-state index in [2.05, 4.69) is 0 Å². The van der Waals surface area contributed by atoms with Crippen molar-refractivity contribution in [1.29, 1.82) is 0 Å². The first-order valence-corrected chi connectivity index (χ1v) is 43.1. The number of methoxy groups -OCH3 is 4. The van der Waals surface area contributed by atoms with Gasteiger partial charge in [0.15, 0.2) is 17.3 Å². The highest BCUT2D eigenvalue weighted by Crippen LogP contribution is 2.85. The summed E-state index contributed by atoms with van der Waals surface area (Å²) in [5.41, 5.74) is -14.2. The van der Waals surface area contributed by atoms with Crippen molar-refractivity contribution in [1.82, 2.24) is 0 Å². The van der Waals surface area contributed by atoms with Crippen molar-refractivity contribution in [2.75, 3.05) is 54.9 Å². The SMILES string of the molecule is C/C=C(\C)C(=O)O[C@@H]1C[C@H](O)[C@]23CO[C@H](C(=O)OC)[C@H]2[C@](C)([C@]24O[C@@]2(C)[C@@H]2C[C@@H]4O[C@@H]4OC=C[C@@]42O)[C@H](O)[C@@H]2OC[C@@]1(C(=O)OC)[C@H]23.C/C=C(\C)C(=O)O[C@H]1C[C@@H](OC(C)=O)[C@@]2(C(=O)OC)CO[C@H]3[C@@H](O)[C@@](C)([C@]45O[C@@]4(C)[C@@H]4C[C@@H]5O[C@@H]5OC=C[C@@]54O)[C@H]4[C@]1(CO[C@]4(O)C(=O)OC)[C@@H]32.Cc1c(COC(=O)[C@H]2[C@@H](/C=C(\Cl)C(F)(F)F)C2(C)C)cccc1-c1ccccc1. The molecule has 7 saturated carbocycles. The molecule has 32 nitrogen and oxygen atoms in total. The lowest BCUT2D eigenvalue weighted by atomic mass is 9.37. The first-order chi connectivity index (χ1) is 59.7. The van der Waals surface area contributed by atoms with Crippen molar-refractivity contribution in [2.45, 2.75) is 241 Å². The molecule has 0 radical (unpaired) electrons. The molecule has 19 rings (SSSR count). The summed E-state index contributed by atoms with van der Waals surface area (Å²) < 4.78 is 146. The molecule has 36 heteroatoms. The number of benzene rings is 2. The minimum atomic E-state index is -4.61. The van der Waals surface area contributed by atoms with Crippen molar-refractivity contribution in [3.05, 3.63) is 119 Å². The van der Waals surface area contributed by atoms with Crippen LogP contribution in [0, 0.1) is 92.2 Å². The highest BCUT2D eigenvalue weighted by atomic mass is 35.5. The number of alkyl halides is 3. The topological polar surface area (TPSA) is 431 Å². The molecule has 0 unspecified atom stereocenters. The zero-order chi connectivity index (χ0) is 92.0. The molecule has 17 aliphatic rings. The van der Waals surface area contributed by atoms with Crippen LogP contribution in [-0.2, 0) is 130 Å². The zero-order valence-electron chi connectivity index (χ0n) is 73.0. The molecule has 10 heterocycles. The lowest BCUT2D eigenvalue weighted by Crippen LogP contribution is -2.79. The van der Waals surface area contributed by atoms with Gasteiger partial charge in [0.25, 0.3) is 5.79 Å². The molecular weight excluding hydrogens is 1700 g/mol. The average molecular weight is 1810 g/mol. The zero-order valence-corrected chi connectivity index (χ0v) is 73.7. The van der Waals surface area contributed by atoms with Gasteiger partial charge in [-0.1, -0.05) is 106 Å². The summed E-state index contributed by atoms with van der Waals surface area (Å²) in [6.45, 7) is 18.8. The van der Waals surface area contributed by atoms with Gasteiger partial charge < -0.3 is 116 Å². The maximum Gasteiger partial charge on any atom is 0.426 e. The van der Waals surface area contributed by atoms with Crippen LogP contribution in [0.3, 0.4) is 0 Å². The van der Waals surface area contributed by atoms with Crippen molar-refractivity contribution >= 4 is 59.4 Å². The molecule has 10 aliphatic heterocycles. The highest BCUT2D eigenvalue weighted by molar-refractivity contribution is 6.30. The summed E-state index contributed by atoms with van der Waals surface area (Å²) in [6.07, 6.45) is -10.1. The lowest BCUT2D eigenvalue weighted by molar-refractivity contribution is -0.314. The van der Waals surface area contributed by atoms with E-state index in [0.29, 0.717) is 12.0 Å². The fraction of sp³-hybridized carbons (Fsp3) is 0.670. The number of aliphatic hydroxyl groups is 6. The van der Waals surface area contributed by atoms with Crippen LogP contribution in [0.15, 0.2) is 108 Å². The number of esters is 8. The lowest BCUT2D eigenvalue weighted by Gasteiger charge is -2.65. The van der Waals surface area contributed by atoms with Crippen molar-refractivity contribution in [3.63, 3.8) is 0 Å². The second kappa shape index (κ2) is 30.0. The van der Waals surface area contributed by atoms with E-state index in [9.17, 15) is 82.2 Å². The second-order valence-electron chi connectivity index (χ2n) is 38.6. The third kappa shape index (κ3) is 11.6.